The average molecular weight is 249 g/mol. The summed E-state index contributed by atoms with van der Waals surface area (Å²) in [5, 5.41) is 0.672. The van der Waals surface area contributed by atoms with Gasteiger partial charge < -0.3 is 4.74 Å². The second-order valence-corrected chi connectivity index (χ2v) is 3.55. The maximum Gasteiger partial charge on any atom is 0.402 e. The van der Waals surface area contributed by atoms with Gasteiger partial charge in [-0.2, -0.15) is 8.78 Å². The molecule has 1 aromatic carbocycles. The van der Waals surface area contributed by atoms with Gasteiger partial charge in [-0.25, -0.2) is 0 Å². The van der Waals surface area contributed by atoms with Crippen LogP contribution < -0.4 is 4.74 Å². The molecule has 0 aliphatic carbocycles. The lowest BCUT2D eigenvalue weighted by molar-refractivity contribution is -0.159. The van der Waals surface area contributed by atoms with Crippen molar-refractivity contribution >= 4 is 15.9 Å². The van der Waals surface area contributed by atoms with Crippen LogP contribution in [-0.2, 0) is 11.8 Å². The van der Waals surface area contributed by atoms with Crippen molar-refractivity contribution in [1.29, 1.82) is 0 Å². The van der Waals surface area contributed by atoms with Crippen LogP contribution in [0.5, 0.6) is 5.75 Å². The molecule has 1 heterocycles. The van der Waals surface area contributed by atoms with Crippen LogP contribution in [0.25, 0.3) is 0 Å². The lowest BCUT2D eigenvalue weighted by atomic mass is 10.1. The first-order valence-electron chi connectivity index (χ1n) is 3.85. The van der Waals surface area contributed by atoms with Gasteiger partial charge in [0.15, 0.2) is 0 Å². The number of halogens is 3. The monoisotopic (exact) mass is 248 g/mol. The molecule has 2 rings (SSSR count). The highest BCUT2D eigenvalue weighted by atomic mass is 79.9. The van der Waals surface area contributed by atoms with Gasteiger partial charge in [0.05, 0.1) is 6.42 Å². The van der Waals surface area contributed by atoms with Gasteiger partial charge in [0.1, 0.15) is 5.75 Å². The molecule has 0 fully saturated rings. The van der Waals surface area contributed by atoms with E-state index < -0.39 is 6.11 Å². The average Bonchev–Trinajstić information content (AvgIpc) is 2.36. The lowest BCUT2D eigenvalue weighted by Gasteiger charge is -2.06. The molecule has 1 nitrogen and oxygen atoms in total. The number of fused-ring (bicyclic) bond motifs is 1. The van der Waals surface area contributed by atoms with Crippen molar-refractivity contribution in [2.75, 3.05) is 0 Å². The van der Waals surface area contributed by atoms with Crippen LogP contribution in [0.15, 0.2) is 18.2 Å². The second kappa shape index (κ2) is 2.94. The summed E-state index contributed by atoms with van der Waals surface area (Å²) in [5.41, 5.74) is 1.57. The summed E-state index contributed by atoms with van der Waals surface area (Å²) in [6.45, 7) is 0. The summed E-state index contributed by atoms with van der Waals surface area (Å²) in [6.07, 6.45) is -3.34. The highest BCUT2D eigenvalue weighted by Gasteiger charge is 2.39. The van der Waals surface area contributed by atoms with Gasteiger partial charge in [-0.05, 0) is 11.6 Å². The molecular formula is C9H7BrF2O. The van der Waals surface area contributed by atoms with Crippen LogP contribution in [0.4, 0.5) is 8.78 Å². The third kappa shape index (κ3) is 1.68. The Balaban J connectivity index is 2.36. The maximum atomic E-state index is 12.7. The summed E-state index contributed by atoms with van der Waals surface area (Å²) in [6, 6.07) is 5.10. The lowest BCUT2D eigenvalue weighted by Crippen LogP contribution is -2.20. The van der Waals surface area contributed by atoms with Gasteiger partial charge >= 0.3 is 6.11 Å². The smallest absolute Gasteiger partial charge is 0.402 e. The van der Waals surface area contributed by atoms with E-state index >= 15 is 0 Å². The third-order valence-electron chi connectivity index (χ3n) is 1.93. The van der Waals surface area contributed by atoms with Crippen molar-refractivity contribution in [3.8, 4) is 5.75 Å². The predicted molar refractivity (Wildman–Crippen MR) is 48.4 cm³/mol. The van der Waals surface area contributed by atoms with Crippen molar-refractivity contribution in [1.82, 2.24) is 0 Å². The largest absolute Gasteiger partial charge is 0.432 e. The molecule has 0 amide bonds. The molecular weight excluding hydrogens is 242 g/mol. The predicted octanol–water partition coefficient (Wildman–Crippen LogP) is 3.11. The van der Waals surface area contributed by atoms with Crippen molar-refractivity contribution in [3.05, 3.63) is 29.3 Å². The van der Waals surface area contributed by atoms with Crippen LogP contribution in [0.1, 0.15) is 11.1 Å². The van der Waals surface area contributed by atoms with Gasteiger partial charge in [0.2, 0.25) is 0 Å². The van der Waals surface area contributed by atoms with Crippen LogP contribution >= 0.6 is 15.9 Å². The molecule has 4 heteroatoms. The second-order valence-electron chi connectivity index (χ2n) is 2.99. The molecule has 0 saturated carbocycles. The van der Waals surface area contributed by atoms with E-state index in [9.17, 15) is 8.78 Å². The van der Waals surface area contributed by atoms with E-state index in [0.29, 0.717) is 16.6 Å². The molecule has 70 valence electrons. The molecule has 0 aromatic heterocycles. The zero-order valence-electron chi connectivity index (χ0n) is 6.69. The fraction of sp³-hybridized carbons (Fsp3) is 0.333. The van der Waals surface area contributed by atoms with Gasteiger partial charge in [-0.1, -0.05) is 28.1 Å². The van der Waals surface area contributed by atoms with Gasteiger partial charge in [0, 0.05) is 10.9 Å². The zero-order valence-corrected chi connectivity index (χ0v) is 8.27. The fourth-order valence-corrected chi connectivity index (χ4v) is 1.72. The first kappa shape index (κ1) is 8.94. The van der Waals surface area contributed by atoms with Crippen molar-refractivity contribution in [2.24, 2.45) is 0 Å². The molecule has 0 unspecified atom stereocenters. The van der Waals surface area contributed by atoms with Gasteiger partial charge in [0.25, 0.3) is 0 Å². The fourth-order valence-electron chi connectivity index (χ4n) is 1.37. The van der Waals surface area contributed by atoms with E-state index in [0.717, 1.165) is 5.56 Å². The number of ether oxygens (including phenoxy) is 1. The minimum atomic E-state index is -3.02. The maximum absolute atomic E-state index is 12.7. The normalized spacial score (nSPS) is 18.1. The highest BCUT2D eigenvalue weighted by molar-refractivity contribution is 9.08. The Bertz CT molecular complexity index is 338. The van der Waals surface area contributed by atoms with E-state index in [2.05, 4.69) is 20.7 Å². The van der Waals surface area contributed by atoms with Crippen molar-refractivity contribution in [3.63, 3.8) is 0 Å². The summed E-state index contributed by atoms with van der Waals surface area (Å²) >= 11 is 3.27. The number of hydrogen-bond acceptors (Lipinski definition) is 1. The Hall–Kier alpha value is -0.640. The molecule has 0 spiro atoms. The quantitative estimate of drug-likeness (QED) is 0.695. The third-order valence-corrected chi connectivity index (χ3v) is 2.58. The molecule has 1 aliphatic rings. The van der Waals surface area contributed by atoms with E-state index in [4.69, 9.17) is 0 Å². The first-order chi connectivity index (χ1) is 6.11. The molecule has 0 radical (unpaired) electrons. The zero-order chi connectivity index (χ0) is 9.47. The van der Waals surface area contributed by atoms with E-state index in [1.54, 1.807) is 18.2 Å². The molecule has 0 saturated heterocycles. The van der Waals surface area contributed by atoms with Crippen LogP contribution in [-0.4, -0.2) is 6.11 Å². The highest BCUT2D eigenvalue weighted by Crippen LogP contribution is 2.37. The Labute approximate surface area is 82.8 Å². The summed E-state index contributed by atoms with van der Waals surface area (Å²) in [5.74, 6) is 0.301. The number of rotatable bonds is 1. The molecule has 0 atom stereocenters. The summed E-state index contributed by atoms with van der Waals surface area (Å²) in [7, 11) is 0. The van der Waals surface area contributed by atoms with Gasteiger partial charge in [-0.3, -0.25) is 0 Å². The van der Waals surface area contributed by atoms with E-state index in [-0.39, 0.29) is 6.42 Å². The standard InChI is InChI=1S/C9H7BrF2O/c10-5-6-1-2-8-7(3-6)4-9(11,12)13-8/h1-3H,4-5H2. The van der Waals surface area contributed by atoms with Crippen molar-refractivity contribution < 1.29 is 13.5 Å². The Morgan fingerprint density at radius 3 is 2.92 bits per heavy atom. The minimum absolute atomic E-state index is 0.301. The molecule has 0 bridgehead atoms. The Kier molecular flexibility index (Phi) is 2.02. The Morgan fingerprint density at radius 2 is 2.23 bits per heavy atom. The number of benzene rings is 1. The molecule has 1 aliphatic heterocycles. The van der Waals surface area contributed by atoms with Crippen molar-refractivity contribution in [2.45, 2.75) is 17.9 Å². The van der Waals surface area contributed by atoms with Crippen LogP contribution in [0.2, 0.25) is 0 Å². The SMILES string of the molecule is FC1(F)Cc2cc(CBr)ccc2O1. The number of alkyl halides is 3. The molecule has 13 heavy (non-hydrogen) atoms. The topological polar surface area (TPSA) is 9.23 Å². The van der Waals surface area contributed by atoms with Crippen LogP contribution in [0, 0.1) is 0 Å². The minimum Gasteiger partial charge on any atom is -0.432 e. The number of hydrogen-bond donors (Lipinski definition) is 0. The first-order valence-corrected chi connectivity index (χ1v) is 4.97. The Morgan fingerprint density at radius 1 is 1.46 bits per heavy atom. The summed E-state index contributed by atoms with van der Waals surface area (Å²) < 4.78 is 29.9. The molecule has 0 N–H and O–H groups in total. The van der Waals surface area contributed by atoms with E-state index in [1.807, 2.05) is 0 Å². The van der Waals surface area contributed by atoms with Crippen LogP contribution in [0.3, 0.4) is 0 Å². The van der Waals surface area contributed by atoms with Gasteiger partial charge in [-0.15, -0.1) is 0 Å². The summed E-state index contributed by atoms with van der Waals surface area (Å²) in [4.78, 5) is 0. The van der Waals surface area contributed by atoms with E-state index in [1.165, 1.54) is 0 Å². The molecule has 1 aromatic rings.